The summed E-state index contributed by atoms with van der Waals surface area (Å²) < 4.78 is 15.4. The van der Waals surface area contributed by atoms with Crippen molar-refractivity contribution < 1.29 is 4.39 Å². The van der Waals surface area contributed by atoms with Gasteiger partial charge in [0, 0.05) is 28.5 Å². The van der Waals surface area contributed by atoms with Crippen LogP contribution in [0.15, 0.2) is 115 Å². The highest BCUT2D eigenvalue weighted by atomic mass is 19.1. The molecule has 0 fully saturated rings. The summed E-state index contributed by atoms with van der Waals surface area (Å²) in [6.07, 6.45) is 4.11. The normalized spacial score (nSPS) is 10.9. The minimum atomic E-state index is -0.270. The van der Waals surface area contributed by atoms with Gasteiger partial charge in [-0.25, -0.2) is 4.39 Å². The molecule has 1 nitrogen and oxygen atoms in total. The number of benzene rings is 5. The van der Waals surface area contributed by atoms with Gasteiger partial charge in [0.2, 0.25) is 0 Å². The van der Waals surface area contributed by atoms with Crippen LogP contribution in [0.3, 0.4) is 0 Å². The van der Waals surface area contributed by atoms with Crippen molar-refractivity contribution >= 4 is 10.8 Å². The maximum absolute atomic E-state index is 15.4. The van der Waals surface area contributed by atoms with Crippen LogP contribution in [0.25, 0.3) is 44.3 Å². The SMILES string of the molecule is CCCc1ccc(-c2ccc(C#Cc3cc(F)c(-c4ccc5cc(-c6ccc(C)cc6)ccc5c4)cc3C)cc2)nc1. The average Bonchev–Trinajstić information content (AvgIpc) is 3.02. The van der Waals surface area contributed by atoms with Crippen LogP contribution in [0, 0.1) is 31.5 Å². The van der Waals surface area contributed by atoms with Crippen LogP contribution < -0.4 is 0 Å². The summed E-state index contributed by atoms with van der Waals surface area (Å²) >= 11 is 0. The highest BCUT2D eigenvalue weighted by Gasteiger charge is 2.10. The van der Waals surface area contributed by atoms with Gasteiger partial charge in [-0.2, -0.15) is 0 Å². The molecule has 0 N–H and O–H groups in total. The van der Waals surface area contributed by atoms with Crippen LogP contribution in [-0.2, 0) is 6.42 Å². The van der Waals surface area contributed by atoms with Crippen molar-refractivity contribution in [2.45, 2.75) is 33.6 Å². The van der Waals surface area contributed by atoms with E-state index in [1.54, 1.807) is 6.07 Å². The number of aromatic nitrogens is 1. The molecule has 0 unspecified atom stereocenters. The molecular weight excluding hydrogens is 513 g/mol. The van der Waals surface area contributed by atoms with Gasteiger partial charge in [0.25, 0.3) is 0 Å². The molecular formula is C40H32FN. The second-order valence-corrected chi connectivity index (χ2v) is 10.9. The van der Waals surface area contributed by atoms with E-state index in [4.69, 9.17) is 0 Å². The summed E-state index contributed by atoms with van der Waals surface area (Å²) in [4.78, 5) is 4.60. The standard InChI is InChI=1S/C40H32FN/c1-4-5-30-11-21-40(42-26-30)32-14-8-29(9-15-32)10-16-33-25-39(41)38(22-28(33)3)37-20-19-35-23-34(17-18-36(35)24-37)31-12-6-27(2)7-13-31/h6-9,11-15,17-26H,4-5H2,1-3H3. The predicted molar refractivity (Wildman–Crippen MR) is 174 cm³/mol. The van der Waals surface area contributed by atoms with Crippen molar-refractivity contribution in [3.8, 4) is 45.4 Å². The van der Waals surface area contributed by atoms with E-state index < -0.39 is 0 Å². The zero-order valence-corrected chi connectivity index (χ0v) is 24.2. The van der Waals surface area contributed by atoms with E-state index in [1.165, 1.54) is 22.3 Å². The maximum Gasteiger partial charge on any atom is 0.132 e. The second-order valence-electron chi connectivity index (χ2n) is 10.9. The molecule has 0 aliphatic rings. The number of rotatable bonds is 5. The highest BCUT2D eigenvalue weighted by molar-refractivity contribution is 5.91. The van der Waals surface area contributed by atoms with Gasteiger partial charge in [-0.05, 0) is 101 Å². The lowest BCUT2D eigenvalue weighted by molar-refractivity contribution is 0.630. The molecule has 0 amide bonds. The highest BCUT2D eigenvalue weighted by Crippen LogP contribution is 2.31. The van der Waals surface area contributed by atoms with E-state index in [-0.39, 0.29) is 5.82 Å². The Kier molecular flexibility index (Phi) is 7.67. The molecule has 0 bridgehead atoms. The summed E-state index contributed by atoms with van der Waals surface area (Å²) in [5, 5.41) is 2.21. The Morgan fingerprint density at radius 2 is 1.31 bits per heavy atom. The Morgan fingerprint density at radius 1 is 0.643 bits per heavy atom. The summed E-state index contributed by atoms with van der Waals surface area (Å²) in [6.45, 7) is 6.25. The minimum absolute atomic E-state index is 0.270. The molecule has 0 saturated heterocycles. The van der Waals surface area contributed by atoms with Gasteiger partial charge in [-0.1, -0.05) is 97.5 Å². The molecule has 6 aromatic rings. The monoisotopic (exact) mass is 545 g/mol. The lowest BCUT2D eigenvalue weighted by Gasteiger charge is -2.10. The third kappa shape index (κ3) is 5.87. The van der Waals surface area contributed by atoms with Crippen LogP contribution in [0.1, 0.15) is 41.2 Å². The van der Waals surface area contributed by atoms with Crippen molar-refractivity contribution in [2.24, 2.45) is 0 Å². The Balaban J connectivity index is 1.22. The summed E-state index contributed by atoms with van der Waals surface area (Å²) in [5.74, 6) is 6.11. The fraction of sp³-hybridized carbons (Fsp3) is 0.125. The van der Waals surface area contributed by atoms with Gasteiger partial charge in [0.1, 0.15) is 5.82 Å². The summed E-state index contributed by atoms with van der Waals surface area (Å²) in [6, 6.07) is 36.8. The van der Waals surface area contributed by atoms with Gasteiger partial charge >= 0.3 is 0 Å². The van der Waals surface area contributed by atoms with E-state index in [9.17, 15) is 0 Å². The molecule has 6 rings (SSSR count). The van der Waals surface area contributed by atoms with E-state index in [0.29, 0.717) is 11.1 Å². The summed E-state index contributed by atoms with van der Waals surface area (Å²) in [7, 11) is 0. The fourth-order valence-corrected chi connectivity index (χ4v) is 5.27. The molecule has 0 radical (unpaired) electrons. The Bertz CT molecular complexity index is 1940. The first-order valence-corrected chi connectivity index (χ1v) is 14.5. The van der Waals surface area contributed by atoms with E-state index in [2.05, 4.69) is 97.4 Å². The number of aryl methyl sites for hydroxylation is 3. The number of hydrogen-bond donors (Lipinski definition) is 0. The topological polar surface area (TPSA) is 12.9 Å². The quantitative estimate of drug-likeness (QED) is 0.196. The van der Waals surface area contributed by atoms with Gasteiger partial charge in [0.05, 0.1) is 5.69 Å². The van der Waals surface area contributed by atoms with E-state index >= 15 is 4.39 Å². The molecule has 2 heteroatoms. The maximum atomic E-state index is 15.4. The molecule has 0 saturated carbocycles. The van der Waals surface area contributed by atoms with Gasteiger partial charge in [-0.3, -0.25) is 4.98 Å². The second kappa shape index (κ2) is 11.9. The van der Waals surface area contributed by atoms with Gasteiger partial charge in [-0.15, -0.1) is 0 Å². The van der Waals surface area contributed by atoms with Crippen molar-refractivity contribution in [1.29, 1.82) is 0 Å². The number of nitrogens with zero attached hydrogens (tertiary/aromatic N) is 1. The molecule has 42 heavy (non-hydrogen) atoms. The number of fused-ring (bicyclic) bond motifs is 1. The van der Waals surface area contributed by atoms with Gasteiger partial charge < -0.3 is 0 Å². The zero-order chi connectivity index (χ0) is 29.1. The van der Waals surface area contributed by atoms with Crippen LogP contribution in [0.5, 0.6) is 0 Å². The average molecular weight is 546 g/mol. The van der Waals surface area contributed by atoms with Gasteiger partial charge in [0.15, 0.2) is 0 Å². The molecule has 0 atom stereocenters. The number of hydrogen-bond acceptors (Lipinski definition) is 1. The fourth-order valence-electron chi connectivity index (χ4n) is 5.27. The van der Waals surface area contributed by atoms with Crippen molar-refractivity contribution in [3.05, 3.63) is 149 Å². The number of pyridine rings is 1. The first-order valence-electron chi connectivity index (χ1n) is 14.5. The Morgan fingerprint density at radius 3 is 2.00 bits per heavy atom. The Labute approximate surface area is 247 Å². The van der Waals surface area contributed by atoms with Crippen LogP contribution in [0.4, 0.5) is 4.39 Å². The van der Waals surface area contributed by atoms with Crippen LogP contribution in [0.2, 0.25) is 0 Å². The predicted octanol–water partition coefficient (Wildman–Crippen LogP) is 10.3. The largest absolute Gasteiger partial charge is 0.256 e. The zero-order valence-electron chi connectivity index (χ0n) is 24.2. The summed E-state index contributed by atoms with van der Waals surface area (Å²) in [5.41, 5.74) is 10.8. The lowest BCUT2D eigenvalue weighted by atomic mass is 9.95. The van der Waals surface area contributed by atoms with E-state index in [1.807, 2.05) is 49.5 Å². The molecule has 0 aliphatic carbocycles. The third-order valence-corrected chi connectivity index (χ3v) is 7.74. The van der Waals surface area contributed by atoms with Crippen molar-refractivity contribution in [1.82, 2.24) is 4.98 Å². The lowest BCUT2D eigenvalue weighted by Crippen LogP contribution is -1.91. The van der Waals surface area contributed by atoms with Crippen LogP contribution in [-0.4, -0.2) is 4.98 Å². The third-order valence-electron chi connectivity index (χ3n) is 7.74. The van der Waals surface area contributed by atoms with Crippen molar-refractivity contribution in [2.75, 3.05) is 0 Å². The molecule has 0 spiro atoms. The molecule has 204 valence electrons. The Hall–Kier alpha value is -5.00. The molecule has 0 aliphatic heterocycles. The van der Waals surface area contributed by atoms with E-state index in [0.717, 1.165) is 51.6 Å². The first kappa shape index (κ1) is 27.2. The van der Waals surface area contributed by atoms with Crippen molar-refractivity contribution in [3.63, 3.8) is 0 Å². The minimum Gasteiger partial charge on any atom is -0.256 e. The first-order chi connectivity index (χ1) is 20.5. The smallest absolute Gasteiger partial charge is 0.132 e. The molecule has 5 aromatic carbocycles. The molecule has 1 heterocycles. The number of halogens is 1. The molecule has 1 aromatic heterocycles. The van der Waals surface area contributed by atoms with Crippen LogP contribution >= 0.6 is 0 Å².